The Morgan fingerprint density at radius 2 is 1.76 bits per heavy atom. The minimum Gasteiger partial charge on any atom is -0.329 e. The summed E-state index contributed by atoms with van der Waals surface area (Å²) in [5.41, 5.74) is 10.9. The van der Waals surface area contributed by atoms with E-state index in [4.69, 9.17) is 5.73 Å². The van der Waals surface area contributed by atoms with Crippen LogP contribution in [0.2, 0.25) is 0 Å². The van der Waals surface area contributed by atoms with Crippen LogP contribution in [0.3, 0.4) is 0 Å². The molecule has 0 aromatic heterocycles. The number of nitrogens with two attached hydrogens (primary N) is 1. The highest BCUT2D eigenvalue weighted by atomic mass is 15.2. The number of benzene rings is 1. The highest BCUT2D eigenvalue weighted by Crippen LogP contribution is 2.40. The van der Waals surface area contributed by atoms with E-state index in [0.29, 0.717) is 11.5 Å². The van der Waals surface area contributed by atoms with E-state index < -0.39 is 0 Å². The van der Waals surface area contributed by atoms with Crippen molar-refractivity contribution in [3.05, 3.63) is 34.9 Å². The van der Waals surface area contributed by atoms with Gasteiger partial charge in [-0.25, -0.2) is 0 Å². The van der Waals surface area contributed by atoms with Crippen LogP contribution in [0.5, 0.6) is 0 Å². The molecule has 1 aromatic rings. The largest absolute Gasteiger partial charge is 0.329 e. The molecule has 1 aromatic carbocycles. The summed E-state index contributed by atoms with van der Waals surface area (Å²) >= 11 is 0. The number of likely N-dealkylation sites (tertiary alicyclic amines) is 1. The monoisotopic (exact) mass is 288 g/mol. The first kappa shape index (κ1) is 16.5. The van der Waals surface area contributed by atoms with Crippen molar-refractivity contribution in [3.63, 3.8) is 0 Å². The highest BCUT2D eigenvalue weighted by molar-refractivity contribution is 5.33. The summed E-state index contributed by atoms with van der Waals surface area (Å²) in [5, 5.41) is 0. The molecular weight excluding hydrogens is 256 g/mol. The van der Waals surface area contributed by atoms with Crippen LogP contribution < -0.4 is 5.73 Å². The number of aryl methyl sites for hydroxylation is 2. The summed E-state index contributed by atoms with van der Waals surface area (Å²) in [5.74, 6) is 0. The topological polar surface area (TPSA) is 29.3 Å². The molecule has 2 nitrogen and oxygen atoms in total. The molecule has 2 rings (SSSR count). The van der Waals surface area contributed by atoms with Crippen LogP contribution in [0.25, 0.3) is 0 Å². The molecule has 1 saturated heterocycles. The van der Waals surface area contributed by atoms with Crippen LogP contribution in [0, 0.1) is 19.3 Å². The molecule has 0 saturated carbocycles. The number of nitrogens with zero attached hydrogens (tertiary/aromatic N) is 1. The Bertz CT molecular complexity index is 453. The first-order chi connectivity index (χ1) is 10.0. The third-order valence-corrected chi connectivity index (χ3v) is 5.81. The minimum absolute atomic E-state index is 0.386. The molecule has 1 aliphatic heterocycles. The molecule has 1 atom stereocenters. The predicted molar refractivity (Wildman–Crippen MR) is 91.5 cm³/mol. The molecule has 21 heavy (non-hydrogen) atoms. The van der Waals surface area contributed by atoms with Gasteiger partial charge in [0, 0.05) is 12.6 Å². The first-order valence-corrected chi connectivity index (χ1v) is 8.56. The molecule has 1 fully saturated rings. The second-order valence-corrected chi connectivity index (χ2v) is 6.85. The molecule has 1 aliphatic rings. The Hall–Kier alpha value is -0.860. The summed E-state index contributed by atoms with van der Waals surface area (Å²) < 4.78 is 0. The van der Waals surface area contributed by atoms with E-state index in [1.165, 1.54) is 55.5 Å². The van der Waals surface area contributed by atoms with E-state index in [2.05, 4.69) is 50.8 Å². The molecule has 1 heterocycles. The maximum atomic E-state index is 6.13. The molecule has 118 valence electrons. The smallest absolute Gasteiger partial charge is 0.0473 e. The van der Waals surface area contributed by atoms with Gasteiger partial charge in [-0.3, -0.25) is 4.90 Å². The van der Waals surface area contributed by atoms with Crippen LogP contribution in [0.15, 0.2) is 18.2 Å². The molecule has 0 radical (unpaired) electrons. The molecule has 0 aliphatic carbocycles. The summed E-state index contributed by atoms with van der Waals surface area (Å²) in [6, 6.07) is 7.17. The van der Waals surface area contributed by atoms with Crippen molar-refractivity contribution in [3.8, 4) is 0 Å². The van der Waals surface area contributed by atoms with Crippen LogP contribution in [0.1, 0.15) is 62.3 Å². The fourth-order valence-electron chi connectivity index (χ4n) is 3.94. The van der Waals surface area contributed by atoms with E-state index in [1.54, 1.807) is 0 Å². The van der Waals surface area contributed by atoms with Crippen LogP contribution in [-0.4, -0.2) is 24.5 Å². The molecule has 2 N–H and O–H groups in total. The van der Waals surface area contributed by atoms with Crippen molar-refractivity contribution >= 4 is 0 Å². The lowest BCUT2D eigenvalue weighted by Crippen LogP contribution is -2.43. The molecule has 1 unspecified atom stereocenters. The number of rotatable bonds is 5. The molecule has 0 amide bonds. The van der Waals surface area contributed by atoms with E-state index in [0.717, 1.165) is 6.54 Å². The Kier molecular flexibility index (Phi) is 5.45. The fraction of sp³-hybridized carbons (Fsp3) is 0.684. The van der Waals surface area contributed by atoms with Gasteiger partial charge < -0.3 is 5.73 Å². The first-order valence-electron chi connectivity index (χ1n) is 8.56. The average Bonchev–Trinajstić information content (AvgIpc) is 2.51. The minimum atomic E-state index is 0.386. The SMILES string of the molecule is CCC1(CC)CCN(C(CN)c2ccc(C)cc2C)CC1. The van der Waals surface area contributed by atoms with Gasteiger partial charge in [-0.1, -0.05) is 50.5 Å². The summed E-state index contributed by atoms with van der Waals surface area (Å²) in [4.78, 5) is 2.61. The molecular formula is C19H32N2. The van der Waals surface area contributed by atoms with Gasteiger partial charge in [0.15, 0.2) is 0 Å². The van der Waals surface area contributed by atoms with Crippen molar-refractivity contribution in [1.82, 2.24) is 4.90 Å². The van der Waals surface area contributed by atoms with E-state index >= 15 is 0 Å². The third-order valence-electron chi connectivity index (χ3n) is 5.81. The van der Waals surface area contributed by atoms with Crippen LogP contribution >= 0.6 is 0 Å². The summed E-state index contributed by atoms with van der Waals surface area (Å²) in [7, 11) is 0. The maximum Gasteiger partial charge on any atom is 0.0473 e. The van der Waals surface area contributed by atoms with Gasteiger partial charge in [0.1, 0.15) is 0 Å². The number of piperidine rings is 1. The second-order valence-electron chi connectivity index (χ2n) is 6.85. The van der Waals surface area contributed by atoms with Crippen molar-refractivity contribution in [2.24, 2.45) is 11.1 Å². The number of hydrogen-bond acceptors (Lipinski definition) is 2. The lowest BCUT2D eigenvalue weighted by molar-refractivity contribution is 0.0678. The lowest BCUT2D eigenvalue weighted by Gasteiger charge is -2.44. The maximum absolute atomic E-state index is 6.13. The van der Waals surface area contributed by atoms with Crippen molar-refractivity contribution in [2.45, 2.75) is 59.4 Å². The molecule has 2 heteroatoms. The van der Waals surface area contributed by atoms with Gasteiger partial charge >= 0.3 is 0 Å². The molecule has 0 spiro atoms. The van der Waals surface area contributed by atoms with E-state index in [1.807, 2.05) is 0 Å². The van der Waals surface area contributed by atoms with Crippen molar-refractivity contribution < 1.29 is 0 Å². The average molecular weight is 288 g/mol. The zero-order valence-corrected chi connectivity index (χ0v) is 14.3. The molecule has 0 bridgehead atoms. The van der Waals surface area contributed by atoms with Gasteiger partial charge in [0.25, 0.3) is 0 Å². The normalized spacial score (nSPS) is 20.4. The predicted octanol–water partition coefficient (Wildman–Crippen LogP) is 4.21. The van der Waals surface area contributed by atoms with Gasteiger partial charge in [-0.05, 0) is 56.3 Å². The summed E-state index contributed by atoms with van der Waals surface area (Å²) in [6.07, 6.45) is 5.27. The van der Waals surface area contributed by atoms with Gasteiger partial charge in [0.2, 0.25) is 0 Å². The highest BCUT2D eigenvalue weighted by Gasteiger charge is 2.33. The second kappa shape index (κ2) is 6.93. The van der Waals surface area contributed by atoms with Crippen molar-refractivity contribution in [1.29, 1.82) is 0 Å². The van der Waals surface area contributed by atoms with E-state index in [9.17, 15) is 0 Å². The standard InChI is InChI=1S/C19H32N2/c1-5-19(6-2)9-11-21(12-10-19)18(14-20)17-8-7-15(3)13-16(17)4/h7-8,13,18H,5-6,9-12,14,20H2,1-4H3. The lowest BCUT2D eigenvalue weighted by atomic mass is 9.74. The third kappa shape index (κ3) is 3.49. The Balaban J connectivity index is 2.13. The zero-order chi connectivity index (χ0) is 15.5. The Labute approximate surface area is 130 Å². The quantitative estimate of drug-likeness (QED) is 0.879. The Morgan fingerprint density at radius 1 is 1.14 bits per heavy atom. The van der Waals surface area contributed by atoms with E-state index in [-0.39, 0.29) is 0 Å². The van der Waals surface area contributed by atoms with Crippen molar-refractivity contribution in [2.75, 3.05) is 19.6 Å². The number of hydrogen-bond donors (Lipinski definition) is 1. The zero-order valence-electron chi connectivity index (χ0n) is 14.3. The van der Waals surface area contributed by atoms with Gasteiger partial charge in [-0.2, -0.15) is 0 Å². The van der Waals surface area contributed by atoms with Gasteiger partial charge in [0.05, 0.1) is 0 Å². The fourth-order valence-corrected chi connectivity index (χ4v) is 3.94. The van der Waals surface area contributed by atoms with Crippen LogP contribution in [0.4, 0.5) is 0 Å². The summed E-state index contributed by atoms with van der Waals surface area (Å²) in [6.45, 7) is 12.2. The van der Waals surface area contributed by atoms with Gasteiger partial charge in [-0.15, -0.1) is 0 Å². The Morgan fingerprint density at radius 3 is 2.24 bits per heavy atom. The van der Waals surface area contributed by atoms with Crippen LogP contribution in [-0.2, 0) is 0 Å².